The molecule has 8 heteroatoms. The van der Waals surface area contributed by atoms with Crippen LogP contribution in [0.25, 0.3) is 0 Å². The van der Waals surface area contributed by atoms with Crippen molar-refractivity contribution in [1.29, 1.82) is 0 Å². The first-order valence-electron chi connectivity index (χ1n) is 9.58. The first kappa shape index (κ1) is 19.9. The molecular formula is C23H16Cl2N2O4. The third kappa shape index (κ3) is 3.24. The van der Waals surface area contributed by atoms with Gasteiger partial charge in [-0.3, -0.25) is 14.4 Å². The van der Waals surface area contributed by atoms with Crippen LogP contribution in [0.4, 0.5) is 11.4 Å². The molecule has 2 saturated heterocycles. The predicted molar refractivity (Wildman–Crippen MR) is 117 cm³/mol. The molecular weight excluding hydrogens is 439 g/mol. The van der Waals surface area contributed by atoms with Crippen LogP contribution >= 0.6 is 23.2 Å². The average Bonchev–Trinajstić information content (AvgIpc) is 3.26. The summed E-state index contributed by atoms with van der Waals surface area (Å²) in [6, 6.07) is 19.8. The Balaban J connectivity index is 1.59. The minimum atomic E-state index is -1.00. The summed E-state index contributed by atoms with van der Waals surface area (Å²) in [5.41, 5.74) is 1.72. The van der Waals surface area contributed by atoms with Gasteiger partial charge in [0.15, 0.2) is 6.10 Å². The fourth-order valence-electron chi connectivity index (χ4n) is 4.12. The Kier molecular flexibility index (Phi) is 4.85. The lowest BCUT2D eigenvalue weighted by Gasteiger charge is -2.29. The predicted octanol–water partition coefficient (Wildman–Crippen LogP) is 4.75. The van der Waals surface area contributed by atoms with Crippen molar-refractivity contribution in [3.05, 3.63) is 88.4 Å². The van der Waals surface area contributed by atoms with Crippen molar-refractivity contribution in [3.8, 4) is 5.75 Å². The summed E-state index contributed by atoms with van der Waals surface area (Å²) in [5, 5.41) is 11.9. The van der Waals surface area contributed by atoms with E-state index in [9.17, 15) is 14.7 Å². The lowest BCUT2D eigenvalue weighted by Crippen LogP contribution is -2.37. The molecule has 0 aliphatic carbocycles. The Labute approximate surface area is 188 Å². The number of imide groups is 1. The molecule has 3 atom stereocenters. The van der Waals surface area contributed by atoms with Crippen LogP contribution < -0.4 is 9.96 Å². The number of nitrogens with zero attached hydrogens (tertiary/aromatic N) is 2. The van der Waals surface area contributed by atoms with Crippen molar-refractivity contribution in [1.82, 2.24) is 0 Å². The minimum Gasteiger partial charge on any atom is -0.508 e. The van der Waals surface area contributed by atoms with Crippen molar-refractivity contribution in [3.63, 3.8) is 0 Å². The van der Waals surface area contributed by atoms with E-state index in [1.807, 2.05) is 30.3 Å². The zero-order valence-electron chi connectivity index (χ0n) is 16.0. The number of carbonyl (C=O) groups excluding carboxylic acids is 2. The van der Waals surface area contributed by atoms with E-state index in [2.05, 4.69) is 0 Å². The van der Waals surface area contributed by atoms with Gasteiger partial charge in [-0.05, 0) is 48.0 Å². The second-order valence-corrected chi connectivity index (χ2v) is 8.20. The van der Waals surface area contributed by atoms with E-state index in [1.165, 1.54) is 6.07 Å². The Morgan fingerprint density at radius 1 is 0.871 bits per heavy atom. The maximum atomic E-state index is 13.5. The fourth-order valence-corrected chi connectivity index (χ4v) is 4.62. The lowest BCUT2D eigenvalue weighted by molar-refractivity contribution is -0.126. The molecule has 2 aliphatic heterocycles. The van der Waals surface area contributed by atoms with Crippen molar-refractivity contribution in [2.45, 2.75) is 12.1 Å². The first-order valence-corrected chi connectivity index (χ1v) is 10.3. The Morgan fingerprint density at radius 3 is 2.26 bits per heavy atom. The molecule has 0 bridgehead atoms. The number of aromatic hydroxyl groups is 1. The molecule has 6 nitrogen and oxygen atoms in total. The van der Waals surface area contributed by atoms with E-state index >= 15 is 0 Å². The van der Waals surface area contributed by atoms with Crippen molar-refractivity contribution < 1.29 is 19.5 Å². The van der Waals surface area contributed by atoms with Crippen LogP contribution in [0.5, 0.6) is 5.75 Å². The maximum Gasteiger partial charge on any atom is 0.266 e. The average molecular weight is 455 g/mol. The van der Waals surface area contributed by atoms with Crippen LogP contribution in [-0.4, -0.2) is 23.0 Å². The number of para-hydroxylation sites is 1. The molecule has 0 saturated carbocycles. The number of hydrogen-bond acceptors (Lipinski definition) is 5. The number of benzene rings is 3. The standard InChI is InChI=1S/C23H16Cl2N2O4/c24-14-8-11-18(17(25)12-14)26-22(29)19-20(13-6-9-16(28)10-7-13)27(31-21(19)23(26)30)15-4-2-1-3-5-15/h1-12,19-21,28H. The molecule has 156 valence electrons. The van der Waals surface area contributed by atoms with Gasteiger partial charge < -0.3 is 5.11 Å². The van der Waals surface area contributed by atoms with Crippen LogP contribution in [0.3, 0.4) is 0 Å². The molecule has 2 fully saturated rings. The Bertz CT molecular complexity index is 1170. The second-order valence-electron chi connectivity index (χ2n) is 7.36. The van der Waals surface area contributed by atoms with Crippen molar-refractivity contribution in [2.24, 2.45) is 5.92 Å². The lowest BCUT2D eigenvalue weighted by atomic mass is 9.90. The van der Waals surface area contributed by atoms with Crippen molar-refractivity contribution >= 4 is 46.4 Å². The van der Waals surface area contributed by atoms with E-state index < -0.39 is 29.9 Å². The normalized spacial score (nSPS) is 22.8. The molecule has 2 heterocycles. The van der Waals surface area contributed by atoms with Crippen molar-refractivity contribution in [2.75, 3.05) is 9.96 Å². The largest absolute Gasteiger partial charge is 0.508 e. The molecule has 5 rings (SSSR count). The third-order valence-electron chi connectivity index (χ3n) is 5.51. The zero-order valence-corrected chi connectivity index (χ0v) is 17.5. The Hall–Kier alpha value is -3.06. The summed E-state index contributed by atoms with van der Waals surface area (Å²) >= 11 is 12.3. The number of phenols is 1. The van der Waals surface area contributed by atoms with Gasteiger partial charge in [-0.2, -0.15) is 0 Å². The second kappa shape index (κ2) is 7.57. The van der Waals surface area contributed by atoms with Gasteiger partial charge in [-0.25, -0.2) is 9.96 Å². The third-order valence-corrected chi connectivity index (χ3v) is 6.05. The number of hydroxylamine groups is 1. The van der Waals surface area contributed by atoms with Gasteiger partial charge in [0.1, 0.15) is 11.7 Å². The molecule has 0 radical (unpaired) electrons. The van der Waals surface area contributed by atoms with E-state index in [0.717, 1.165) is 10.5 Å². The summed E-state index contributed by atoms with van der Waals surface area (Å²) < 4.78 is 0. The summed E-state index contributed by atoms with van der Waals surface area (Å²) in [6.45, 7) is 0. The van der Waals surface area contributed by atoms with Gasteiger partial charge in [0.05, 0.1) is 22.4 Å². The molecule has 2 aliphatic rings. The van der Waals surface area contributed by atoms with E-state index in [-0.39, 0.29) is 16.5 Å². The number of rotatable bonds is 3. The summed E-state index contributed by atoms with van der Waals surface area (Å²) in [4.78, 5) is 33.9. The van der Waals surface area contributed by atoms with E-state index in [1.54, 1.807) is 41.5 Å². The molecule has 3 unspecified atom stereocenters. The topological polar surface area (TPSA) is 70.1 Å². The highest BCUT2D eigenvalue weighted by atomic mass is 35.5. The van der Waals surface area contributed by atoms with Crippen LogP contribution in [-0.2, 0) is 14.4 Å². The molecule has 1 N–H and O–H groups in total. The quantitative estimate of drug-likeness (QED) is 0.578. The molecule has 31 heavy (non-hydrogen) atoms. The molecule has 0 aromatic heterocycles. The number of hydrogen-bond donors (Lipinski definition) is 1. The maximum absolute atomic E-state index is 13.5. The summed E-state index contributed by atoms with van der Waals surface area (Å²) in [7, 11) is 0. The minimum absolute atomic E-state index is 0.105. The fraction of sp³-hybridized carbons (Fsp3) is 0.130. The number of fused-ring (bicyclic) bond motifs is 1. The zero-order chi connectivity index (χ0) is 21.7. The van der Waals surface area contributed by atoms with Crippen LogP contribution in [0.1, 0.15) is 11.6 Å². The highest BCUT2D eigenvalue weighted by molar-refractivity contribution is 6.38. The van der Waals surface area contributed by atoms with Gasteiger partial charge >= 0.3 is 0 Å². The monoisotopic (exact) mass is 454 g/mol. The highest BCUT2D eigenvalue weighted by Gasteiger charge is 2.60. The number of carbonyl (C=O) groups is 2. The molecule has 2 amide bonds. The van der Waals surface area contributed by atoms with Crippen LogP contribution in [0.15, 0.2) is 72.8 Å². The summed E-state index contributed by atoms with van der Waals surface area (Å²) in [6.07, 6.45) is -1.00. The highest BCUT2D eigenvalue weighted by Crippen LogP contribution is 2.48. The number of amides is 2. The van der Waals surface area contributed by atoms with Gasteiger partial charge in [-0.15, -0.1) is 0 Å². The van der Waals surface area contributed by atoms with E-state index in [0.29, 0.717) is 10.7 Å². The van der Waals surface area contributed by atoms with E-state index in [4.69, 9.17) is 28.0 Å². The molecule has 3 aromatic rings. The van der Waals surface area contributed by atoms with Gasteiger partial charge in [0.2, 0.25) is 5.91 Å². The number of anilines is 2. The smallest absolute Gasteiger partial charge is 0.266 e. The van der Waals surface area contributed by atoms with Gasteiger partial charge in [0, 0.05) is 5.02 Å². The first-order chi connectivity index (χ1) is 15.0. The molecule has 3 aromatic carbocycles. The number of phenolic OH excluding ortho intramolecular Hbond substituents is 1. The van der Waals surface area contributed by atoms with Gasteiger partial charge in [0.25, 0.3) is 5.91 Å². The van der Waals surface area contributed by atoms with Crippen LogP contribution in [0, 0.1) is 5.92 Å². The number of halogens is 2. The molecule has 0 spiro atoms. The summed E-state index contributed by atoms with van der Waals surface area (Å²) in [5.74, 6) is -1.57. The SMILES string of the molecule is O=C1C2ON(c3ccccc3)C(c3ccc(O)cc3)C2C(=O)N1c1ccc(Cl)cc1Cl. The van der Waals surface area contributed by atoms with Gasteiger partial charge in [-0.1, -0.05) is 53.5 Å². The van der Waals surface area contributed by atoms with Crippen LogP contribution in [0.2, 0.25) is 10.0 Å². The Morgan fingerprint density at radius 2 is 1.58 bits per heavy atom.